The van der Waals surface area contributed by atoms with E-state index in [-0.39, 0.29) is 5.57 Å². The number of benzene rings is 2. The number of furan rings is 1. The number of esters is 2. The van der Waals surface area contributed by atoms with Crippen molar-refractivity contribution in [2.45, 2.75) is 19.6 Å². The molecule has 0 N–H and O–H groups in total. The summed E-state index contributed by atoms with van der Waals surface area (Å²) in [6, 6.07) is 14.6. The standard InChI is InChI=1S/C21H14Br2O5/c1-21(2)27-19(24)18(20(25)28-21)17(13-5-3-4-6-14(13)23)16-10-11-9-12(22)7-8-15(11)26-16/h3-10H,1-2H3. The number of rotatable bonds is 2. The van der Waals surface area contributed by atoms with Crippen molar-refractivity contribution in [1.82, 2.24) is 0 Å². The molecule has 1 saturated heterocycles. The molecule has 1 aromatic heterocycles. The summed E-state index contributed by atoms with van der Waals surface area (Å²) < 4.78 is 18.2. The van der Waals surface area contributed by atoms with Crippen LogP contribution in [0.4, 0.5) is 0 Å². The Balaban J connectivity index is 2.01. The molecule has 28 heavy (non-hydrogen) atoms. The SMILES string of the molecule is CC1(C)OC(=O)C(=C(c2cc3cc(Br)ccc3o2)c2ccccc2Br)C(=O)O1. The monoisotopic (exact) mass is 504 g/mol. The van der Waals surface area contributed by atoms with Crippen molar-refractivity contribution in [2.24, 2.45) is 0 Å². The molecule has 0 spiro atoms. The number of fused-ring (bicyclic) bond motifs is 1. The van der Waals surface area contributed by atoms with Crippen molar-refractivity contribution in [1.29, 1.82) is 0 Å². The third-order valence-electron chi connectivity index (χ3n) is 4.20. The van der Waals surface area contributed by atoms with Gasteiger partial charge in [-0.3, -0.25) is 0 Å². The predicted octanol–water partition coefficient (Wildman–Crippen LogP) is 5.60. The number of hydrogen-bond acceptors (Lipinski definition) is 5. The Hall–Kier alpha value is -2.38. The van der Waals surface area contributed by atoms with Crippen LogP contribution in [0.25, 0.3) is 16.5 Å². The Morgan fingerprint density at radius 1 is 0.929 bits per heavy atom. The Morgan fingerprint density at radius 2 is 1.61 bits per heavy atom. The zero-order valence-corrected chi connectivity index (χ0v) is 18.1. The fourth-order valence-corrected chi connectivity index (χ4v) is 3.91. The molecule has 2 heterocycles. The van der Waals surface area contributed by atoms with E-state index in [0.29, 0.717) is 27.0 Å². The number of cyclic esters (lactones) is 2. The van der Waals surface area contributed by atoms with Gasteiger partial charge in [0.25, 0.3) is 5.79 Å². The van der Waals surface area contributed by atoms with Gasteiger partial charge < -0.3 is 13.9 Å². The number of halogens is 2. The molecule has 3 aromatic rings. The summed E-state index contributed by atoms with van der Waals surface area (Å²) in [5.74, 6) is -2.47. The topological polar surface area (TPSA) is 65.7 Å². The van der Waals surface area contributed by atoms with Gasteiger partial charge in [0, 0.05) is 39.3 Å². The Kier molecular flexibility index (Phi) is 4.67. The van der Waals surface area contributed by atoms with Crippen LogP contribution in [0.2, 0.25) is 0 Å². The maximum absolute atomic E-state index is 12.7. The third-order valence-corrected chi connectivity index (χ3v) is 5.39. The predicted molar refractivity (Wildman–Crippen MR) is 110 cm³/mol. The zero-order chi connectivity index (χ0) is 20.1. The summed E-state index contributed by atoms with van der Waals surface area (Å²) in [5.41, 5.74) is 1.35. The first-order chi connectivity index (χ1) is 13.2. The van der Waals surface area contributed by atoms with E-state index in [4.69, 9.17) is 13.9 Å². The van der Waals surface area contributed by atoms with E-state index in [1.807, 2.05) is 36.4 Å². The van der Waals surface area contributed by atoms with E-state index in [2.05, 4.69) is 31.9 Å². The highest BCUT2D eigenvalue weighted by molar-refractivity contribution is 9.10. The average molecular weight is 506 g/mol. The van der Waals surface area contributed by atoms with E-state index in [9.17, 15) is 9.59 Å². The number of carbonyl (C=O) groups is 2. The van der Waals surface area contributed by atoms with Gasteiger partial charge in [-0.25, -0.2) is 9.59 Å². The molecule has 0 saturated carbocycles. The first kappa shape index (κ1) is 19.0. The van der Waals surface area contributed by atoms with Crippen LogP contribution in [0, 0.1) is 0 Å². The van der Waals surface area contributed by atoms with Gasteiger partial charge in [-0.1, -0.05) is 50.1 Å². The summed E-state index contributed by atoms with van der Waals surface area (Å²) in [7, 11) is 0. The fourth-order valence-electron chi connectivity index (χ4n) is 3.05. The average Bonchev–Trinajstić information content (AvgIpc) is 3.00. The second kappa shape index (κ2) is 6.90. The minimum atomic E-state index is -1.32. The molecular weight excluding hydrogens is 492 g/mol. The Bertz CT molecular complexity index is 1130. The van der Waals surface area contributed by atoms with Gasteiger partial charge in [-0.05, 0) is 30.3 Å². The third kappa shape index (κ3) is 3.40. The van der Waals surface area contributed by atoms with Gasteiger partial charge in [0.1, 0.15) is 11.3 Å². The smallest absolute Gasteiger partial charge is 0.349 e. The second-order valence-corrected chi connectivity index (χ2v) is 8.47. The van der Waals surface area contributed by atoms with Gasteiger partial charge in [0.15, 0.2) is 5.57 Å². The Morgan fingerprint density at radius 3 is 2.29 bits per heavy atom. The summed E-state index contributed by atoms with van der Waals surface area (Å²) in [4.78, 5) is 25.5. The molecule has 0 bridgehead atoms. The number of ether oxygens (including phenoxy) is 2. The van der Waals surface area contributed by atoms with Gasteiger partial charge >= 0.3 is 11.9 Å². The van der Waals surface area contributed by atoms with E-state index >= 15 is 0 Å². The molecule has 2 aromatic carbocycles. The van der Waals surface area contributed by atoms with E-state index < -0.39 is 17.7 Å². The molecule has 5 nitrogen and oxygen atoms in total. The lowest BCUT2D eigenvalue weighted by Gasteiger charge is -2.30. The molecule has 7 heteroatoms. The first-order valence-corrected chi connectivity index (χ1v) is 9.99. The summed E-state index contributed by atoms with van der Waals surface area (Å²) in [6.07, 6.45) is 0. The van der Waals surface area contributed by atoms with Crippen LogP contribution in [-0.4, -0.2) is 17.7 Å². The van der Waals surface area contributed by atoms with Crippen molar-refractivity contribution in [2.75, 3.05) is 0 Å². The molecule has 0 atom stereocenters. The van der Waals surface area contributed by atoms with E-state index in [1.165, 1.54) is 13.8 Å². The first-order valence-electron chi connectivity index (χ1n) is 8.40. The van der Waals surface area contributed by atoms with Gasteiger partial charge in [-0.15, -0.1) is 0 Å². The molecule has 4 rings (SSSR count). The highest BCUT2D eigenvalue weighted by Crippen LogP contribution is 2.38. The van der Waals surface area contributed by atoms with Crippen LogP contribution in [-0.2, 0) is 19.1 Å². The van der Waals surface area contributed by atoms with E-state index in [0.717, 1.165) is 9.86 Å². The van der Waals surface area contributed by atoms with Crippen LogP contribution in [0.5, 0.6) is 0 Å². The van der Waals surface area contributed by atoms with Crippen molar-refractivity contribution < 1.29 is 23.5 Å². The van der Waals surface area contributed by atoms with Gasteiger partial charge in [-0.2, -0.15) is 0 Å². The van der Waals surface area contributed by atoms with E-state index in [1.54, 1.807) is 12.1 Å². The fraction of sp³-hybridized carbons (Fsp3) is 0.143. The van der Waals surface area contributed by atoms with Crippen LogP contribution >= 0.6 is 31.9 Å². The van der Waals surface area contributed by atoms with Crippen LogP contribution in [0.1, 0.15) is 25.2 Å². The lowest BCUT2D eigenvalue weighted by Crippen LogP contribution is -2.42. The largest absolute Gasteiger partial charge is 0.456 e. The normalized spacial score (nSPS) is 16.1. The minimum Gasteiger partial charge on any atom is -0.456 e. The van der Waals surface area contributed by atoms with Gasteiger partial charge in [0.05, 0.1) is 0 Å². The Labute approximate surface area is 177 Å². The summed E-state index contributed by atoms with van der Waals surface area (Å²) >= 11 is 6.93. The summed E-state index contributed by atoms with van der Waals surface area (Å²) in [5, 5.41) is 0.826. The zero-order valence-electron chi connectivity index (χ0n) is 14.9. The quantitative estimate of drug-likeness (QED) is 0.258. The van der Waals surface area contributed by atoms with Crippen LogP contribution in [0.15, 0.2) is 67.5 Å². The highest BCUT2D eigenvalue weighted by atomic mass is 79.9. The molecule has 142 valence electrons. The maximum atomic E-state index is 12.7. The molecule has 1 aliphatic heterocycles. The second-order valence-electron chi connectivity index (χ2n) is 6.70. The van der Waals surface area contributed by atoms with Crippen LogP contribution < -0.4 is 0 Å². The van der Waals surface area contributed by atoms with Gasteiger partial charge in [0.2, 0.25) is 0 Å². The molecule has 0 unspecified atom stereocenters. The number of carbonyl (C=O) groups excluding carboxylic acids is 2. The maximum Gasteiger partial charge on any atom is 0.349 e. The van der Waals surface area contributed by atoms with Crippen molar-refractivity contribution >= 4 is 60.3 Å². The highest BCUT2D eigenvalue weighted by Gasteiger charge is 2.42. The molecule has 0 radical (unpaired) electrons. The molecule has 1 fully saturated rings. The molecule has 0 aliphatic carbocycles. The van der Waals surface area contributed by atoms with Crippen molar-refractivity contribution in [3.05, 3.63) is 74.4 Å². The van der Waals surface area contributed by atoms with Crippen molar-refractivity contribution in [3.8, 4) is 0 Å². The lowest BCUT2D eigenvalue weighted by atomic mass is 9.96. The lowest BCUT2D eigenvalue weighted by molar-refractivity contribution is -0.222. The van der Waals surface area contributed by atoms with Crippen molar-refractivity contribution in [3.63, 3.8) is 0 Å². The summed E-state index contributed by atoms with van der Waals surface area (Å²) in [6.45, 7) is 3.02. The number of hydrogen-bond donors (Lipinski definition) is 0. The minimum absolute atomic E-state index is 0.204. The molecule has 0 amide bonds. The van der Waals surface area contributed by atoms with Crippen LogP contribution in [0.3, 0.4) is 0 Å². The molecular formula is C21H14Br2O5. The molecule has 1 aliphatic rings.